The number of aromatic nitrogens is 2. The van der Waals surface area contributed by atoms with E-state index in [2.05, 4.69) is 15.7 Å². The summed E-state index contributed by atoms with van der Waals surface area (Å²) in [4.78, 5) is 36.3. The number of esters is 2. The molecule has 2 aromatic rings. The van der Waals surface area contributed by atoms with Gasteiger partial charge < -0.3 is 20.1 Å². The molecule has 9 heteroatoms. The first-order valence-corrected chi connectivity index (χ1v) is 9.16. The summed E-state index contributed by atoms with van der Waals surface area (Å²) in [6, 6.07) is 7.61. The molecule has 0 aliphatic carbocycles. The minimum absolute atomic E-state index is 0.193. The van der Waals surface area contributed by atoms with Gasteiger partial charge in [0.05, 0.1) is 35.2 Å². The Hall–Kier alpha value is -3.62. The van der Waals surface area contributed by atoms with E-state index >= 15 is 0 Å². The van der Waals surface area contributed by atoms with Gasteiger partial charge in [0.1, 0.15) is 6.61 Å². The number of rotatable bonds is 6. The molecule has 0 spiro atoms. The second-order valence-electron chi connectivity index (χ2n) is 6.44. The van der Waals surface area contributed by atoms with E-state index in [1.807, 2.05) is 13.0 Å². The highest BCUT2D eigenvalue weighted by Gasteiger charge is 2.30. The summed E-state index contributed by atoms with van der Waals surface area (Å²) >= 11 is 0. The molecular formula is C20H22N4O5. The van der Waals surface area contributed by atoms with Crippen molar-refractivity contribution in [2.24, 2.45) is 0 Å². The summed E-state index contributed by atoms with van der Waals surface area (Å²) in [6.07, 6.45) is 1.70. The second kappa shape index (κ2) is 8.59. The number of urea groups is 1. The molecule has 3 rings (SSSR count). The lowest BCUT2D eigenvalue weighted by molar-refractivity contribution is -0.139. The molecule has 0 fully saturated rings. The lowest BCUT2D eigenvalue weighted by atomic mass is 10.0. The van der Waals surface area contributed by atoms with Crippen LogP contribution in [-0.2, 0) is 14.3 Å². The molecule has 2 N–H and O–H groups in total. The first-order valence-electron chi connectivity index (χ1n) is 9.16. The fourth-order valence-corrected chi connectivity index (χ4v) is 2.99. The second-order valence-corrected chi connectivity index (χ2v) is 6.44. The molecule has 1 atom stereocenters. The third-order valence-corrected chi connectivity index (χ3v) is 4.39. The van der Waals surface area contributed by atoms with Gasteiger partial charge in [-0.3, -0.25) is 0 Å². The standard InChI is InChI=1S/C20H22N4O5/c1-4-28-19(26)17-13(3)22-20(27)23-16(17)11-29-18(25)14-5-7-15(8-6-14)24-12(2)9-10-21-24/h5-10,13H,4,11H2,1-3H3,(H2,22,23,27). The van der Waals surface area contributed by atoms with Gasteiger partial charge in [-0.2, -0.15) is 5.10 Å². The van der Waals surface area contributed by atoms with E-state index < -0.39 is 24.0 Å². The first-order chi connectivity index (χ1) is 13.9. The highest BCUT2D eigenvalue weighted by Crippen LogP contribution is 2.16. The number of nitrogens with zero attached hydrogens (tertiary/aromatic N) is 2. The molecule has 2 heterocycles. The largest absolute Gasteiger partial charge is 0.463 e. The Labute approximate surface area is 167 Å². The third kappa shape index (κ3) is 4.45. The van der Waals surface area contributed by atoms with Gasteiger partial charge in [0.15, 0.2) is 0 Å². The third-order valence-electron chi connectivity index (χ3n) is 4.39. The molecule has 0 radical (unpaired) electrons. The number of carbonyl (C=O) groups is 3. The van der Waals surface area contributed by atoms with E-state index in [-0.39, 0.29) is 24.5 Å². The predicted octanol–water partition coefficient (Wildman–Crippen LogP) is 1.86. The molecular weight excluding hydrogens is 376 g/mol. The van der Waals surface area contributed by atoms with E-state index in [1.165, 1.54) is 0 Å². The van der Waals surface area contributed by atoms with Crippen LogP contribution in [0.25, 0.3) is 5.69 Å². The van der Waals surface area contributed by atoms with Crippen LogP contribution in [0.2, 0.25) is 0 Å². The van der Waals surface area contributed by atoms with Crippen LogP contribution in [0, 0.1) is 6.92 Å². The summed E-state index contributed by atoms with van der Waals surface area (Å²) in [5.74, 6) is -1.15. The molecule has 9 nitrogen and oxygen atoms in total. The first kappa shape index (κ1) is 20.1. The van der Waals surface area contributed by atoms with E-state index in [1.54, 1.807) is 49.0 Å². The van der Waals surface area contributed by atoms with Gasteiger partial charge in [0.25, 0.3) is 0 Å². The number of carbonyl (C=O) groups excluding carboxylic acids is 3. The molecule has 1 aromatic heterocycles. The summed E-state index contributed by atoms with van der Waals surface area (Å²) < 4.78 is 12.1. The van der Waals surface area contributed by atoms with Crippen molar-refractivity contribution in [3.8, 4) is 5.69 Å². The van der Waals surface area contributed by atoms with Crippen molar-refractivity contribution in [1.29, 1.82) is 0 Å². The van der Waals surface area contributed by atoms with Gasteiger partial charge in [0, 0.05) is 11.9 Å². The number of aryl methyl sites for hydroxylation is 1. The number of hydrogen-bond acceptors (Lipinski definition) is 6. The van der Waals surface area contributed by atoms with Crippen molar-refractivity contribution < 1.29 is 23.9 Å². The average Bonchev–Trinajstić information content (AvgIpc) is 3.11. The molecule has 1 aliphatic heterocycles. The summed E-state index contributed by atoms with van der Waals surface area (Å²) in [5, 5.41) is 9.32. The average molecular weight is 398 g/mol. The predicted molar refractivity (Wildman–Crippen MR) is 103 cm³/mol. The van der Waals surface area contributed by atoms with E-state index in [0.29, 0.717) is 5.56 Å². The quantitative estimate of drug-likeness (QED) is 0.719. The zero-order valence-corrected chi connectivity index (χ0v) is 16.4. The lowest BCUT2D eigenvalue weighted by Crippen LogP contribution is -2.50. The fraction of sp³-hybridized carbons (Fsp3) is 0.300. The zero-order chi connectivity index (χ0) is 21.0. The Balaban J connectivity index is 1.72. The Morgan fingerprint density at radius 1 is 1.14 bits per heavy atom. The lowest BCUT2D eigenvalue weighted by Gasteiger charge is -2.26. The number of nitrogens with one attached hydrogen (secondary N) is 2. The summed E-state index contributed by atoms with van der Waals surface area (Å²) in [5.41, 5.74) is 2.55. The Kier molecular flexibility index (Phi) is 5.96. The van der Waals surface area contributed by atoms with Crippen LogP contribution in [0.5, 0.6) is 0 Å². The molecule has 1 unspecified atom stereocenters. The molecule has 1 aliphatic rings. The fourth-order valence-electron chi connectivity index (χ4n) is 2.99. The summed E-state index contributed by atoms with van der Waals surface area (Å²) in [7, 11) is 0. The monoisotopic (exact) mass is 398 g/mol. The highest BCUT2D eigenvalue weighted by molar-refractivity contribution is 5.95. The maximum atomic E-state index is 12.4. The van der Waals surface area contributed by atoms with Gasteiger partial charge in [0.2, 0.25) is 0 Å². The molecule has 1 aromatic carbocycles. The van der Waals surface area contributed by atoms with Crippen LogP contribution >= 0.6 is 0 Å². The van der Waals surface area contributed by atoms with E-state index in [0.717, 1.165) is 11.4 Å². The molecule has 29 heavy (non-hydrogen) atoms. The minimum Gasteiger partial charge on any atom is -0.463 e. The van der Waals surface area contributed by atoms with E-state index in [9.17, 15) is 14.4 Å². The van der Waals surface area contributed by atoms with Gasteiger partial charge >= 0.3 is 18.0 Å². The van der Waals surface area contributed by atoms with Gasteiger partial charge in [-0.1, -0.05) is 0 Å². The molecule has 152 valence electrons. The molecule has 0 bridgehead atoms. The Morgan fingerprint density at radius 3 is 2.48 bits per heavy atom. The Bertz CT molecular complexity index is 962. The molecule has 0 saturated heterocycles. The SMILES string of the molecule is CCOC(=O)C1=C(COC(=O)c2ccc(-n3nccc3C)cc2)NC(=O)NC1C. The smallest absolute Gasteiger partial charge is 0.338 e. The number of benzene rings is 1. The van der Waals surface area contributed by atoms with Gasteiger partial charge in [-0.05, 0) is 51.1 Å². The Morgan fingerprint density at radius 2 is 1.86 bits per heavy atom. The number of ether oxygens (including phenoxy) is 2. The maximum absolute atomic E-state index is 12.4. The summed E-state index contributed by atoms with van der Waals surface area (Å²) in [6.45, 7) is 5.20. The van der Waals surface area contributed by atoms with Crippen LogP contribution in [0.15, 0.2) is 47.8 Å². The van der Waals surface area contributed by atoms with Crippen molar-refractivity contribution in [2.75, 3.05) is 13.2 Å². The minimum atomic E-state index is -0.579. The van der Waals surface area contributed by atoms with Crippen LogP contribution in [-0.4, -0.2) is 47.0 Å². The van der Waals surface area contributed by atoms with Crippen LogP contribution in [0.4, 0.5) is 4.79 Å². The normalized spacial score (nSPS) is 16.1. The van der Waals surface area contributed by atoms with Crippen molar-refractivity contribution >= 4 is 18.0 Å². The van der Waals surface area contributed by atoms with E-state index in [4.69, 9.17) is 9.47 Å². The van der Waals surface area contributed by atoms with Crippen molar-refractivity contribution in [2.45, 2.75) is 26.8 Å². The van der Waals surface area contributed by atoms with Crippen LogP contribution in [0.1, 0.15) is 29.9 Å². The van der Waals surface area contributed by atoms with Crippen molar-refractivity contribution in [3.63, 3.8) is 0 Å². The number of hydrogen-bond donors (Lipinski definition) is 2. The topological polar surface area (TPSA) is 112 Å². The maximum Gasteiger partial charge on any atom is 0.338 e. The van der Waals surface area contributed by atoms with Crippen LogP contribution < -0.4 is 10.6 Å². The van der Waals surface area contributed by atoms with Crippen molar-refractivity contribution in [3.05, 3.63) is 59.1 Å². The zero-order valence-electron chi connectivity index (χ0n) is 16.4. The van der Waals surface area contributed by atoms with Gasteiger partial charge in [-0.25, -0.2) is 19.1 Å². The van der Waals surface area contributed by atoms with Gasteiger partial charge in [-0.15, -0.1) is 0 Å². The van der Waals surface area contributed by atoms with Crippen molar-refractivity contribution in [1.82, 2.24) is 20.4 Å². The highest BCUT2D eigenvalue weighted by atomic mass is 16.5. The molecule has 0 saturated carbocycles. The molecule has 2 amide bonds. The van der Waals surface area contributed by atoms with Crippen LogP contribution in [0.3, 0.4) is 0 Å². The number of amides is 2.